The first-order chi connectivity index (χ1) is 2.30. The first kappa shape index (κ1) is 3.09. The van der Waals surface area contributed by atoms with Crippen LogP contribution >= 0.6 is 11.8 Å². The topological polar surface area (TPSA) is 20.2 Å². The molecule has 1 nitrogen and oxygen atoms in total. The van der Waals surface area contributed by atoms with E-state index in [0.717, 1.165) is 4.91 Å². The van der Waals surface area contributed by atoms with Gasteiger partial charge in [0.1, 0.15) is 0 Å². The molecule has 0 saturated carbocycles. The van der Waals surface area contributed by atoms with Crippen LogP contribution in [0.25, 0.3) is 0 Å². The highest BCUT2D eigenvalue weighted by Gasteiger charge is 2.14. The lowest BCUT2D eigenvalue weighted by atomic mass is 10.7. The molecule has 0 aromatic rings. The van der Waals surface area contributed by atoms with Gasteiger partial charge in [0, 0.05) is 4.91 Å². The van der Waals surface area contributed by atoms with Crippen molar-refractivity contribution in [2.45, 2.75) is 6.92 Å². The van der Waals surface area contributed by atoms with E-state index in [0.29, 0.717) is 5.09 Å². The van der Waals surface area contributed by atoms with Crippen LogP contribution in [0, 0.1) is 0 Å². The minimum Gasteiger partial charge on any atom is -0.501 e. The van der Waals surface area contributed by atoms with E-state index in [9.17, 15) is 0 Å². The van der Waals surface area contributed by atoms with Gasteiger partial charge in [0.15, 0.2) is 5.09 Å². The molecule has 0 bridgehead atoms. The zero-order chi connectivity index (χ0) is 3.86. The summed E-state index contributed by atoms with van der Waals surface area (Å²) in [5, 5.41) is 8.78. The Kier molecular flexibility index (Phi) is 0.424. The molecule has 0 amide bonds. The molecule has 1 N–H and O–H groups in total. The number of hydrogen-bond acceptors (Lipinski definition) is 2. The van der Waals surface area contributed by atoms with Gasteiger partial charge < -0.3 is 5.11 Å². The lowest BCUT2D eigenvalue weighted by molar-refractivity contribution is 0.464. The second-order valence-electron chi connectivity index (χ2n) is 0.963. The van der Waals surface area contributed by atoms with Gasteiger partial charge in [-0.25, -0.2) is 0 Å². The molecule has 0 unspecified atom stereocenters. The summed E-state index contributed by atoms with van der Waals surface area (Å²) in [5.74, 6) is 0. The number of thioether (sulfide) groups is 1. The average Bonchev–Trinajstić information content (AvgIpc) is 1.79. The van der Waals surface area contributed by atoms with Gasteiger partial charge in [-0.1, -0.05) is 11.8 Å². The monoisotopic (exact) mass is 88.0 g/mol. The number of aliphatic hydroxyl groups is 1. The first-order valence-electron chi connectivity index (χ1n) is 1.38. The second kappa shape index (κ2) is 0.684. The Morgan fingerprint density at radius 3 is 2.00 bits per heavy atom. The molecule has 28 valence electrons. The van der Waals surface area contributed by atoms with Crippen molar-refractivity contribution in [1.82, 2.24) is 0 Å². The van der Waals surface area contributed by atoms with Crippen molar-refractivity contribution in [1.29, 1.82) is 0 Å². The number of allylic oxidation sites excluding steroid dienone is 1. The molecular formula is C3H4OS. The van der Waals surface area contributed by atoms with Crippen molar-refractivity contribution in [3.8, 4) is 0 Å². The summed E-state index contributed by atoms with van der Waals surface area (Å²) in [6, 6.07) is 0. The van der Waals surface area contributed by atoms with Crippen LogP contribution in [0.15, 0.2) is 10.00 Å². The first-order valence-corrected chi connectivity index (χ1v) is 2.20. The van der Waals surface area contributed by atoms with Gasteiger partial charge >= 0.3 is 0 Å². The molecular weight excluding hydrogens is 84.1 g/mol. The fraction of sp³-hybridized carbons (Fsp3) is 0.333. The molecule has 0 atom stereocenters. The highest BCUT2D eigenvalue weighted by atomic mass is 32.2. The van der Waals surface area contributed by atoms with E-state index in [1.165, 1.54) is 11.8 Å². The summed E-state index contributed by atoms with van der Waals surface area (Å²) in [5.41, 5.74) is 0. The van der Waals surface area contributed by atoms with E-state index in [1.807, 2.05) is 6.92 Å². The molecule has 5 heavy (non-hydrogen) atoms. The largest absolute Gasteiger partial charge is 0.501 e. The maximum atomic E-state index is 8.28. The van der Waals surface area contributed by atoms with Gasteiger partial charge in [0.2, 0.25) is 0 Å². The second-order valence-corrected chi connectivity index (χ2v) is 2.17. The standard InChI is InChI=1S/C3H4OS/c1-2-3(4)5-2/h4H,1H3. The number of rotatable bonds is 0. The molecule has 0 radical (unpaired) electrons. The Labute approximate surface area is 34.7 Å². The summed E-state index contributed by atoms with van der Waals surface area (Å²) in [6.45, 7) is 1.89. The van der Waals surface area contributed by atoms with Crippen LogP contribution in [0.2, 0.25) is 0 Å². The Bertz CT molecular complexity index is 74.9. The molecule has 2 heteroatoms. The van der Waals surface area contributed by atoms with Crippen molar-refractivity contribution in [2.24, 2.45) is 0 Å². The highest BCUT2D eigenvalue weighted by Crippen LogP contribution is 2.41. The lowest BCUT2D eigenvalue weighted by Crippen LogP contribution is -1.38. The van der Waals surface area contributed by atoms with E-state index >= 15 is 0 Å². The highest BCUT2D eigenvalue weighted by molar-refractivity contribution is 8.12. The van der Waals surface area contributed by atoms with Crippen LogP contribution in [0.1, 0.15) is 6.92 Å². The Balaban J connectivity index is 2.59. The van der Waals surface area contributed by atoms with Crippen LogP contribution in [-0.4, -0.2) is 5.11 Å². The maximum Gasteiger partial charge on any atom is 0.164 e. The zero-order valence-electron chi connectivity index (χ0n) is 2.86. The summed E-state index contributed by atoms with van der Waals surface area (Å²) in [4.78, 5) is 1.06. The van der Waals surface area contributed by atoms with E-state index < -0.39 is 0 Å². The van der Waals surface area contributed by atoms with E-state index in [1.54, 1.807) is 0 Å². The van der Waals surface area contributed by atoms with E-state index in [4.69, 9.17) is 5.11 Å². The van der Waals surface area contributed by atoms with Crippen LogP contribution in [-0.2, 0) is 0 Å². The van der Waals surface area contributed by atoms with Gasteiger partial charge in [0.25, 0.3) is 0 Å². The van der Waals surface area contributed by atoms with Gasteiger partial charge in [-0.2, -0.15) is 0 Å². The maximum absolute atomic E-state index is 8.28. The summed E-state index contributed by atoms with van der Waals surface area (Å²) in [6.07, 6.45) is 0. The summed E-state index contributed by atoms with van der Waals surface area (Å²) >= 11 is 1.44. The molecule has 0 aliphatic carbocycles. The van der Waals surface area contributed by atoms with Gasteiger partial charge in [0.05, 0.1) is 0 Å². The molecule has 0 saturated heterocycles. The minimum atomic E-state index is 0.505. The van der Waals surface area contributed by atoms with Crippen LogP contribution in [0.4, 0.5) is 0 Å². The van der Waals surface area contributed by atoms with Crippen LogP contribution in [0.5, 0.6) is 0 Å². The molecule has 1 rings (SSSR count). The molecule has 1 aliphatic heterocycles. The molecule has 0 aromatic carbocycles. The third-order valence-electron chi connectivity index (χ3n) is 0.509. The quantitative estimate of drug-likeness (QED) is 0.484. The summed E-state index contributed by atoms with van der Waals surface area (Å²) < 4.78 is 0. The third-order valence-corrected chi connectivity index (χ3v) is 1.30. The Hall–Kier alpha value is -0.110. The molecule has 0 aromatic heterocycles. The molecule has 0 fully saturated rings. The zero-order valence-corrected chi connectivity index (χ0v) is 3.67. The van der Waals surface area contributed by atoms with Gasteiger partial charge in [-0.3, -0.25) is 0 Å². The van der Waals surface area contributed by atoms with Gasteiger partial charge in [-0.15, -0.1) is 0 Å². The van der Waals surface area contributed by atoms with Crippen LogP contribution in [0.3, 0.4) is 0 Å². The molecule has 1 aliphatic rings. The minimum absolute atomic E-state index is 0.505. The Morgan fingerprint density at radius 1 is 1.80 bits per heavy atom. The van der Waals surface area contributed by atoms with E-state index in [-0.39, 0.29) is 0 Å². The number of hydrogen-bond donors (Lipinski definition) is 1. The smallest absolute Gasteiger partial charge is 0.164 e. The third kappa shape index (κ3) is 0.401. The SMILES string of the molecule is CC1=C(O)S1. The predicted octanol–water partition coefficient (Wildman–Crippen LogP) is 1.48. The fourth-order valence-electron chi connectivity index (χ4n) is 0.119. The molecule has 0 spiro atoms. The Morgan fingerprint density at radius 2 is 2.00 bits per heavy atom. The predicted molar refractivity (Wildman–Crippen MR) is 22.9 cm³/mol. The van der Waals surface area contributed by atoms with Gasteiger partial charge in [-0.05, 0) is 6.92 Å². The summed E-state index contributed by atoms with van der Waals surface area (Å²) in [7, 11) is 0. The fourth-order valence-corrected chi connectivity index (χ4v) is 0.358. The lowest BCUT2D eigenvalue weighted by Gasteiger charge is -1.51. The van der Waals surface area contributed by atoms with Crippen molar-refractivity contribution >= 4 is 11.8 Å². The van der Waals surface area contributed by atoms with Crippen molar-refractivity contribution in [3.05, 3.63) is 10.00 Å². The number of aliphatic hydroxyl groups excluding tert-OH is 1. The average molecular weight is 88.1 g/mol. The van der Waals surface area contributed by atoms with Crippen LogP contribution < -0.4 is 0 Å². The van der Waals surface area contributed by atoms with Crippen molar-refractivity contribution < 1.29 is 5.11 Å². The van der Waals surface area contributed by atoms with Crippen molar-refractivity contribution in [3.63, 3.8) is 0 Å². The van der Waals surface area contributed by atoms with E-state index in [2.05, 4.69) is 0 Å². The van der Waals surface area contributed by atoms with Crippen molar-refractivity contribution in [2.75, 3.05) is 0 Å². The normalized spacial score (nSPS) is 20.2. The molecule has 1 heterocycles.